The number of rotatable bonds is 5. The Morgan fingerprint density at radius 2 is 1.46 bits per heavy atom. The molecule has 4 rings (SSSR count). The minimum atomic E-state index is -1.09. The van der Waals surface area contributed by atoms with Gasteiger partial charge in [-0.05, 0) is 43.0 Å². The molecule has 6 heteroatoms. The van der Waals surface area contributed by atoms with Crippen molar-refractivity contribution in [3.05, 3.63) is 107 Å². The van der Waals surface area contributed by atoms with Gasteiger partial charge in [0.15, 0.2) is 0 Å². The molecule has 0 aliphatic carbocycles. The lowest BCUT2D eigenvalue weighted by atomic mass is 9.91. The fourth-order valence-corrected chi connectivity index (χ4v) is 4.48. The number of aliphatic hydroxyl groups excluding tert-OH is 1. The Kier molecular flexibility index (Phi) is 7.22. The van der Waals surface area contributed by atoms with Crippen LogP contribution in [0.5, 0.6) is 0 Å². The second-order valence-electron chi connectivity index (χ2n) is 9.81. The summed E-state index contributed by atoms with van der Waals surface area (Å²) < 4.78 is 5.81. The normalized spacial score (nSPS) is 17.4. The fraction of sp³-hybridized carbons (Fsp3) is 0.310. The second kappa shape index (κ2) is 10.3. The van der Waals surface area contributed by atoms with E-state index in [1.54, 1.807) is 20.8 Å². The van der Waals surface area contributed by atoms with Crippen molar-refractivity contribution in [3.8, 4) is 0 Å². The van der Waals surface area contributed by atoms with Crippen LogP contribution >= 0.6 is 0 Å². The lowest BCUT2D eigenvalue weighted by molar-refractivity contribution is -0.128. The number of ether oxygens (including phenoxy) is 1. The van der Waals surface area contributed by atoms with Gasteiger partial charge in [0.1, 0.15) is 17.7 Å². The topological polar surface area (TPSA) is 78.9 Å². The average molecular weight is 473 g/mol. The molecule has 35 heavy (non-hydrogen) atoms. The molecule has 2 amide bonds. The van der Waals surface area contributed by atoms with Gasteiger partial charge in [0.05, 0.1) is 6.04 Å². The van der Waals surface area contributed by atoms with Crippen LogP contribution in [0, 0.1) is 0 Å². The van der Waals surface area contributed by atoms with E-state index in [1.165, 1.54) is 4.90 Å². The van der Waals surface area contributed by atoms with Crippen LogP contribution in [0.2, 0.25) is 0 Å². The molecule has 0 saturated heterocycles. The molecule has 0 bridgehead atoms. The van der Waals surface area contributed by atoms with Crippen molar-refractivity contribution in [2.24, 2.45) is 0 Å². The van der Waals surface area contributed by atoms with Crippen molar-refractivity contribution in [2.75, 3.05) is 0 Å². The molecule has 0 fully saturated rings. The van der Waals surface area contributed by atoms with Crippen LogP contribution in [0.3, 0.4) is 0 Å². The molecule has 0 spiro atoms. The summed E-state index contributed by atoms with van der Waals surface area (Å²) in [6, 6.07) is 24.6. The lowest BCUT2D eigenvalue weighted by Gasteiger charge is -2.40. The molecule has 1 aliphatic rings. The maximum atomic E-state index is 13.8. The Morgan fingerprint density at radius 1 is 0.914 bits per heavy atom. The minimum Gasteiger partial charge on any atom is -0.444 e. The molecule has 182 valence electrons. The van der Waals surface area contributed by atoms with Gasteiger partial charge >= 0.3 is 6.09 Å². The molecule has 2 N–H and O–H groups in total. The van der Waals surface area contributed by atoms with Gasteiger partial charge in [-0.15, -0.1) is 0 Å². The third-order valence-corrected chi connectivity index (χ3v) is 6.11. The third kappa shape index (κ3) is 5.72. The van der Waals surface area contributed by atoms with E-state index in [0.29, 0.717) is 24.1 Å². The highest BCUT2D eigenvalue weighted by molar-refractivity contribution is 5.87. The quantitative estimate of drug-likeness (QED) is 0.551. The van der Waals surface area contributed by atoms with Gasteiger partial charge in [-0.1, -0.05) is 84.9 Å². The fourth-order valence-electron chi connectivity index (χ4n) is 4.48. The van der Waals surface area contributed by atoms with E-state index >= 15 is 0 Å². The predicted octanol–water partition coefficient (Wildman–Crippen LogP) is 4.94. The molecule has 0 radical (unpaired) electrons. The first-order chi connectivity index (χ1) is 16.7. The smallest absolute Gasteiger partial charge is 0.411 e. The molecular weight excluding hydrogens is 440 g/mol. The van der Waals surface area contributed by atoms with Gasteiger partial charge in [0, 0.05) is 13.0 Å². The second-order valence-corrected chi connectivity index (χ2v) is 9.81. The monoisotopic (exact) mass is 472 g/mol. The largest absolute Gasteiger partial charge is 0.444 e. The van der Waals surface area contributed by atoms with Gasteiger partial charge in [-0.2, -0.15) is 0 Å². The van der Waals surface area contributed by atoms with Crippen LogP contribution in [0.1, 0.15) is 55.2 Å². The summed E-state index contributed by atoms with van der Waals surface area (Å²) in [5.74, 6) is -0.284. The Hall–Kier alpha value is -3.64. The van der Waals surface area contributed by atoms with Crippen LogP contribution in [0.15, 0.2) is 84.9 Å². The standard InChI is InChI=1S/C29H32N2O4/c1-29(2,3)35-28(34)31(24-18-22-16-10-11-17-23(22)19-30-27(24)33)25(20-12-6-4-7-13-20)26(32)21-14-8-5-9-15-21/h4-17,24-26,32H,18-19H2,1-3H3,(H,30,33). The van der Waals surface area contributed by atoms with Gasteiger partial charge in [0.25, 0.3) is 0 Å². The van der Waals surface area contributed by atoms with Crippen LogP contribution in [0.4, 0.5) is 4.79 Å². The van der Waals surface area contributed by atoms with E-state index in [0.717, 1.165) is 11.1 Å². The van der Waals surface area contributed by atoms with Crippen molar-refractivity contribution in [3.63, 3.8) is 0 Å². The van der Waals surface area contributed by atoms with E-state index in [4.69, 9.17) is 4.74 Å². The summed E-state index contributed by atoms with van der Waals surface area (Å²) in [7, 11) is 0. The number of nitrogens with zero attached hydrogens (tertiary/aromatic N) is 1. The first-order valence-corrected chi connectivity index (χ1v) is 11.9. The zero-order chi connectivity index (χ0) is 25.0. The molecule has 0 saturated carbocycles. The number of amides is 2. The maximum Gasteiger partial charge on any atom is 0.411 e. The van der Waals surface area contributed by atoms with E-state index < -0.39 is 29.9 Å². The van der Waals surface area contributed by atoms with Crippen LogP contribution in [0.25, 0.3) is 0 Å². The zero-order valence-corrected chi connectivity index (χ0v) is 20.3. The molecule has 1 aliphatic heterocycles. The summed E-state index contributed by atoms with van der Waals surface area (Å²) >= 11 is 0. The average Bonchev–Trinajstić information content (AvgIpc) is 3.01. The first kappa shape index (κ1) is 24.5. The maximum absolute atomic E-state index is 13.8. The van der Waals surface area contributed by atoms with Crippen molar-refractivity contribution in [1.29, 1.82) is 0 Å². The van der Waals surface area contributed by atoms with E-state index in [-0.39, 0.29) is 5.91 Å². The van der Waals surface area contributed by atoms with Crippen LogP contribution in [-0.4, -0.2) is 33.6 Å². The minimum absolute atomic E-state index is 0.284. The highest BCUT2D eigenvalue weighted by Crippen LogP contribution is 2.38. The number of benzene rings is 3. The summed E-state index contributed by atoms with van der Waals surface area (Å²) in [6.07, 6.45) is -1.43. The third-order valence-electron chi connectivity index (χ3n) is 6.11. The highest BCUT2D eigenvalue weighted by Gasteiger charge is 2.42. The van der Waals surface area contributed by atoms with E-state index in [2.05, 4.69) is 5.32 Å². The first-order valence-electron chi connectivity index (χ1n) is 11.9. The highest BCUT2D eigenvalue weighted by atomic mass is 16.6. The summed E-state index contributed by atoms with van der Waals surface area (Å²) in [5.41, 5.74) is 2.55. The van der Waals surface area contributed by atoms with Gasteiger partial charge in [-0.3, -0.25) is 9.69 Å². The van der Waals surface area contributed by atoms with E-state index in [1.807, 2.05) is 84.9 Å². The van der Waals surface area contributed by atoms with Crippen molar-refractivity contribution in [1.82, 2.24) is 10.2 Å². The number of carbonyl (C=O) groups is 2. The molecule has 3 aromatic rings. The van der Waals surface area contributed by atoms with Crippen molar-refractivity contribution in [2.45, 2.75) is 57.5 Å². The van der Waals surface area contributed by atoms with Crippen molar-refractivity contribution >= 4 is 12.0 Å². The molecule has 3 unspecified atom stereocenters. The lowest BCUT2D eigenvalue weighted by Crippen LogP contribution is -2.53. The number of hydrogen-bond donors (Lipinski definition) is 2. The predicted molar refractivity (Wildman–Crippen MR) is 134 cm³/mol. The molecule has 1 heterocycles. The van der Waals surface area contributed by atoms with Crippen LogP contribution < -0.4 is 5.32 Å². The Balaban J connectivity index is 1.85. The number of nitrogens with one attached hydrogen (secondary N) is 1. The molecule has 3 atom stereocenters. The molecule has 3 aromatic carbocycles. The molecular formula is C29H32N2O4. The van der Waals surface area contributed by atoms with Crippen molar-refractivity contribution < 1.29 is 19.4 Å². The SMILES string of the molecule is CC(C)(C)OC(=O)N(C1Cc2ccccc2CNC1=O)C(c1ccccc1)C(O)c1ccccc1. The number of carbonyl (C=O) groups excluding carboxylic acids is 2. The number of aliphatic hydroxyl groups is 1. The molecule has 0 aromatic heterocycles. The Labute approximate surface area is 206 Å². The van der Waals surface area contributed by atoms with E-state index in [9.17, 15) is 14.7 Å². The van der Waals surface area contributed by atoms with Gasteiger partial charge in [-0.25, -0.2) is 4.79 Å². The number of hydrogen-bond acceptors (Lipinski definition) is 4. The van der Waals surface area contributed by atoms with Crippen LogP contribution in [-0.2, 0) is 22.5 Å². The Bertz CT molecular complexity index is 1160. The summed E-state index contributed by atoms with van der Waals surface area (Å²) in [6.45, 7) is 5.75. The Morgan fingerprint density at radius 3 is 2.06 bits per heavy atom. The molecule has 6 nitrogen and oxygen atoms in total. The summed E-state index contributed by atoms with van der Waals surface area (Å²) in [4.78, 5) is 28.7. The number of fused-ring (bicyclic) bond motifs is 1. The van der Waals surface area contributed by atoms with Gasteiger partial charge in [0.2, 0.25) is 5.91 Å². The zero-order valence-electron chi connectivity index (χ0n) is 20.3. The summed E-state index contributed by atoms with van der Waals surface area (Å²) in [5, 5.41) is 14.6. The van der Waals surface area contributed by atoms with Gasteiger partial charge < -0.3 is 15.2 Å².